The first-order valence-corrected chi connectivity index (χ1v) is 11.3. The zero-order chi connectivity index (χ0) is 10.9. The number of hydrogen-bond donors (Lipinski definition) is 0. The maximum Gasteiger partial charge on any atom is 0.406 e. The van der Waals surface area contributed by atoms with Gasteiger partial charge in [0.25, 0.3) is 0 Å². The highest BCUT2D eigenvalue weighted by molar-refractivity contribution is 6.86. The molecule has 0 bridgehead atoms. The molecule has 0 atom stereocenters. The molecule has 0 fully saturated rings. The summed E-state index contributed by atoms with van der Waals surface area (Å²) in [6.45, 7) is 12.2. The molecule has 0 aromatic carbocycles. The maximum atomic E-state index is 10.8. The summed E-state index contributed by atoms with van der Waals surface area (Å²) < 4.78 is 0. The number of rotatable bonds is 3. The number of nitrogens with zero attached hydrogens (tertiary/aromatic N) is 1. The van der Waals surface area contributed by atoms with Crippen LogP contribution in [0.3, 0.4) is 0 Å². The monoisotopic (exact) mass is 216 g/mol. The van der Waals surface area contributed by atoms with Crippen LogP contribution in [-0.4, -0.2) is 21.1 Å². The van der Waals surface area contributed by atoms with E-state index in [1.807, 2.05) is 19.6 Å². The Bertz CT molecular complexity index is 236. The van der Waals surface area contributed by atoms with Gasteiger partial charge in [-0.1, -0.05) is 19.6 Å². The van der Waals surface area contributed by atoms with Gasteiger partial charge in [0.05, 0.1) is 0 Å². The quantitative estimate of drug-likeness (QED) is 0.315. The molecule has 0 amide bonds. The first-order valence-electron chi connectivity index (χ1n) is 4.34. The Labute approximate surface area is 82.0 Å². The molecule has 0 unspecified atom stereocenters. The second kappa shape index (κ2) is 3.69. The topological polar surface area (TPSA) is 43.1 Å². The van der Waals surface area contributed by atoms with Gasteiger partial charge >= 0.3 is 13.4 Å². The molecule has 0 rings (SSSR count). The molecule has 0 N–H and O–H groups in total. The predicted octanol–water partition coefficient (Wildman–Crippen LogP) is 2.70. The van der Waals surface area contributed by atoms with Gasteiger partial charge in [-0.2, -0.15) is 0 Å². The fourth-order valence-electron chi connectivity index (χ4n) is 0.862. The van der Waals surface area contributed by atoms with Crippen LogP contribution < -0.4 is 0 Å². The lowest BCUT2D eigenvalue weighted by Crippen LogP contribution is -2.33. The van der Waals surface area contributed by atoms with E-state index in [-0.39, 0.29) is 4.92 Å². The van der Waals surface area contributed by atoms with Gasteiger partial charge in [0.15, 0.2) is 0 Å². The number of hydrogen-bond acceptors (Lipinski definition) is 2. The molecule has 0 aliphatic carbocycles. The molecule has 0 radical (unpaired) electrons. The molecular formula is C8H18NO2Si2+. The van der Waals surface area contributed by atoms with E-state index < -0.39 is 16.1 Å². The minimum absolute atomic E-state index is 0.246. The third kappa shape index (κ3) is 4.92. The maximum absolute atomic E-state index is 10.8. The molecule has 0 spiro atoms. The van der Waals surface area contributed by atoms with Crippen molar-refractivity contribution in [3.05, 3.63) is 21.1 Å². The van der Waals surface area contributed by atoms with E-state index >= 15 is 0 Å². The molecular weight excluding hydrogens is 198 g/mol. The summed E-state index contributed by atoms with van der Waals surface area (Å²) in [6, 6.07) is 0. The summed E-state index contributed by atoms with van der Waals surface area (Å²) in [5.74, 6) is 0. The minimum Gasteiger partial charge on any atom is -0.255 e. The lowest BCUT2D eigenvalue weighted by atomic mass is 11.0. The van der Waals surface area contributed by atoms with E-state index in [4.69, 9.17) is 0 Å². The van der Waals surface area contributed by atoms with Gasteiger partial charge in [-0.05, 0) is 19.6 Å². The summed E-state index contributed by atoms with van der Waals surface area (Å²) in [5.41, 5.74) is 3.11. The van der Waals surface area contributed by atoms with Gasteiger partial charge in [-0.15, -0.1) is 0 Å². The largest absolute Gasteiger partial charge is 0.406 e. The van der Waals surface area contributed by atoms with Crippen LogP contribution in [0.2, 0.25) is 39.3 Å². The van der Waals surface area contributed by atoms with Crippen LogP contribution in [0, 0.1) is 15.8 Å². The van der Waals surface area contributed by atoms with Crippen molar-refractivity contribution in [3.8, 4) is 0 Å². The van der Waals surface area contributed by atoms with E-state index in [1.165, 1.54) is 0 Å². The van der Waals surface area contributed by atoms with Crippen molar-refractivity contribution in [2.45, 2.75) is 39.3 Å². The molecule has 0 aliphatic rings. The number of nitro groups is 1. The summed E-state index contributed by atoms with van der Waals surface area (Å²) in [5, 5.41) is 11.2. The van der Waals surface area contributed by atoms with Crippen LogP contribution >= 0.6 is 0 Å². The van der Waals surface area contributed by atoms with Crippen molar-refractivity contribution in [2.75, 3.05) is 0 Å². The van der Waals surface area contributed by atoms with Crippen molar-refractivity contribution in [1.29, 1.82) is 0 Å². The SMILES string of the molecule is C[Si](C)(C)[C+]=C([N+](=O)[O-])[Si](C)(C)C. The lowest BCUT2D eigenvalue weighted by molar-refractivity contribution is -0.414. The summed E-state index contributed by atoms with van der Waals surface area (Å²) in [7, 11) is -3.41. The first-order chi connectivity index (χ1) is 5.54. The van der Waals surface area contributed by atoms with Crippen LogP contribution in [0.1, 0.15) is 0 Å². The molecule has 0 aromatic rings. The molecule has 0 heterocycles. The normalized spacial score (nSPS) is 13.8. The molecule has 0 saturated heterocycles. The van der Waals surface area contributed by atoms with Gasteiger partial charge < -0.3 is 0 Å². The fourth-order valence-corrected chi connectivity index (χ4v) is 4.84. The van der Waals surface area contributed by atoms with Gasteiger partial charge in [0.1, 0.15) is 4.92 Å². The van der Waals surface area contributed by atoms with Gasteiger partial charge in [-0.25, -0.2) is 0 Å². The van der Waals surface area contributed by atoms with Crippen LogP contribution in [0.5, 0.6) is 0 Å². The molecule has 0 aliphatic heterocycles. The van der Waals surface area contributed by atoms with Crippen molar-refractivity contribution in [2.24, 2.45) is 0 Å². The standard InChI is InChI=1S/C8H18NO2Si2/c1-12(2,3)7-8(9(10)11)13(4,5)6/h1-6H3/q+1. The van der Waals surface area contributed by atoms with Crippen molar-refractivity contribution in [3.63, 3.8) is 0 Å². The summed E-state index contributed by atoms with van der Waals surface area (Å²) >= 11 is 0. The van der Waals surface area contributed by atoms with E-state index in [9.17, 15) is 10.1 Å². The minimum atomic E-state index is -1.82. The summed E-state index contributed by atoms with van der Waals surface area (Å²) in [6.07, 6.45) is 0. The van der Waals surface area contributed by atoms with Gasteiger partial charge in [0.2, 0.25) is 13.8 Å². The Morgan fingerprint density at radius 2 is 1.54 bits per heavy atom. The Kier molecular flexibility index (Phi) is 3.55. The molecule has 0 saturated carbocycles. The fraction of sp³-hybridized carbons (Fsp3) is 0.750. The zero-order valence-corrected chi connectivity index (χ0v) is 11.3. The Balaban J connectivity index is 5.06. The Hall–Kier alpha value is -0.516. The van der Waals surface area contributed by atoms with E-state index in [0.29, 0.717) is 5.32 Å². The second-order valence-corrected chi connectivity index (χ2v) is 15.0. The van der Waals surface area contributed by atoms with Gasteiger partial charge in [-0.3, -0.25) is 10.1 Å². The van der Waals surface area contributed by atoms with E-state index in [1.54, 1.807) is 0 Å². The highest BCUT2D eigenvalue weighted by atomic mass is 28.3. The third-order valence-corrected chi connectivity index (χ3v) is 4.35. The van der Waals surface area contributed by atoms with E-state index in [0.717, 1.165) is 0 Å². The molecule has 3 nitrogen and oxygen atoms in total. The van der Waals surface area contributed by atoms with Gasteiger partial charge in [0, 0.05) is 0 Å². The van der Waals surface area contributed by atoms with Crippen molar-refractivity contribution >= 4 is 16.1 Å². The average molecular weight is 216 g/mol. The van der Waals surface area contributed by atoms with Crippen molar-refractivity contribution < 1.29 is 4.92 Å². The van der Waals surface area contributed by atoms with Crippen LogP contribution in [-0.2, 0) is 0 Å². The molecule has 74 valence electrons. The predicted molar refractivity (Wildman–Crippen MR) is 60.4 cm³/mol. The first kappa shape index (κ1) is 12.5. The second-order valence-electron chi connectivity index (χ2n) is 5.23. The summed E-state index contributed by atoms with van der Waals surface area (Å²) in [4.78, 5) is 10.5. The smallest absolute Gasteiger partial charge is 0.255 e. The van der Waals surface area contributed by atoms with Crippen LogP contribution in [0.4, 0.5) is 0 Å². The molecule has 0 aromatic heterocycles. The lowest BCUT2D eigenvalue weighted by Gasteiger charge is -2.05. The molecule has 5 heteroatoms. The van der Waals surface area contributed by atoms with Crippen molar-refractivity contribution in [1.82, 2.24) is 0 Å². The zero-order valence-electron chi connectivity index (χ0n) is 9.26. The highest BCUT2D eigenvalue weighted by Crippen LogP contribution is 2.17. The average Bonchev–Trinajstić information content (AvgIpc) is 1.77. The third-order valence-electron chi connectivity index (χ3n) is 1.39. The Morgan fingerprint density at radius 1 is 1.15 bits per heavy atom. The molecule has 13 heavy (non-hydrogen) atoms. The van der Waals surface area contributed by atoms with Crippen LogP contribution in [0.25, 0.3) is 0 Å². The highest BCUT2D eigenvalue weighted by Gasteiger charge is 2.45. The van der Waals surface area contributed by atoms with Crippen LogP contribution in [0.15, 0.2) is 5.32 Å². The Morgan fingerprint density at radius 3 is 1.62 bits per heavy atom. The van der Waals surface area contributed by atoms with E-state index in [2.05, 4.69) is 25.3 Å².